The number of aryl methyl sites for hydroxylation is 1. The third-order valence-electron chi connectivity index (χ3n) is 5.30. The van der Waals surface area contributed by atoms with Crippen LogP contribution in [0.3, 0.4) is 0 Å². The Kier molecular flexibility index (Phi) is 5.14. The first-order valence-electron chi connectivity index (χ1n) is 9.26. The first-order valence-corrected chi connectivity index (χ1v) is 9.64. The van der Waals surface area contributed by atoms with Gasteiger partial charge in [-0.3, -0.25) is 5.10 Å². The maximum Gasteiger partial charge on any atom is 0.123 e. The molecule has 0 spiro atoms. The fourth-order valence-electron chi connectivity index (χ4n) is 3.74. The van der Waals surface area contributed by atoms with Crippen LogP contribution in [0.15, 0.2) is 42.6 Å². The molecular formula is C21H24ClN3O. The number of hydrogen-bond acceptors (Lipinski definition) is 3. The van der Waals surface area contributed by atoms with E-state index in [1.807, 2.05) is 30.5 Å². The average Bonchev–Trinajstić information content (AvgIpc) is 3.13. The second kappa shape index (κ2) is 7.68. The zero-order chi connectivity index (χ0) is 17.9. The van der Waals surface area contributed by atoms with Crippen molar-refractivity contribution in [3.05, 3.63) is 58.7 Å². The number of rotatable bonds is 5. The first-order chi connectivity index (χ1) is 12.7. The molecular weight excluding hydrogens is 346 g/mol. The molecule has 1 aromatic heterocycles. The summed E-state index contributed by atoms with van der Waals surface area (Å²) >= 11 is 6.05. The van der Waals surface area contributed by atoms with Crippen molar-refractivity contribution >= 4 is 22.5 Å². The summed E-state index contributed by atoms with van der Waals surface area (Å²) in [6.45, 7) is 2.97. The van der Waals surface area contributed by atoms with Crippen LogP contribution in [0.2, 0.25) is 5.02 Å². The minimum atomic E-state index is 0.294. The number of hydrogen-bond donors (Lipinski definition) is 2. The topological polar surface area (TPSA) is 49.9 Å². The molecule has 2 aromatic carbocycles. The molecule has 1 saturated carbocycles. The van der Waals surface area contributed by atoms with Crippen LogP contribution >= 0.6 is 11.6 Å². The summed E-state index contributed by atoms with van der Waals surface area (Å²) < 4.78 is 6.30. The molecule has 26 heavy (non-hydrogen) atoms. The molecule has 0 amide bonds. The number of fused-ring (bicyclic) bond motifs is 1. The minimum Gasteiger partial charge on any atom is -0.490 e. The van der Waals surface area contributed by atoms with Crippen molar-refractivity contribution in [2.45, 2.75) is 51.3 Å². The van der Waals surface area contributed by atoms with Crippen LogP contribution in [0.4, 0.5) is 0 Å². The van der Waals surface area contributed by atoms with Gasteiger partial charge < -0.3 is 10.1 Å². The molecule has 0 atom stereocenters. The normalized spacial score (nSPS) is 20.4. The lowest BCUT2D eigenvalue weighted by Crippen LogP contribution is -2.36. The third kappa shape index (κ3) is 3.87. The Morgan fingerprint density at radius 1 is 1.19 bits per heavy atom. The number of H-pyrrole nitrogens is 1. The Labute approximate surface area is 158 Å². The van der Waals surface area contributed by atoms with Crippen LogP contribution in [0.1, 0.15) is 36.8 Å². The Morgan fingerprint density at radius 3 is 2.85 bits per heavy atom. The van der Waals surface area contributed by atoms with Crippen LogP contribution in [-0.4, -0.2) is 22.3 Å². The first kappa shape index (κ1) is 17.4. The number of aromatic nitrogens is 2. The standard InChI is InChI=1S/C21H24ClN3O/c1-14-19-13-24-25-20(19)9-10-21(14)26-18-7-5-17(6-8-18)23-12-15-3-2-4-16(22)11-15/h2-4,9-11,13,17-18,23H,5-8,12H2,1H3,(H,24,25)/t17-,18+. The number of halogens is 1. The Bertz CT molecular complexity index is 884. The van der Waals surface area contributed by atoms with E-state index in [1.165, 1.54) is 5.56 Å². The van der Waals surface area contributed by atoms with Crippen molar-refractivity contribution in [1.82, 2.24) is 15.5 Å². The van der Waals surface area contributed by atoms with Gasteiger partial charge in [-0.05, 0) is 62.4 Å². The van der Waals surface area contributed by atoms with Crippen molar-refractivity contribution in [1.29, 1.82) is 0 Å². The smallest absolute Gasteiger partial charge is 0.123 e. The highest BCUT2D eigenvalue weighted by molar-refractivity contribution is 6.30. The number of aromatic amines is 1. The summed E-state index contributed by atoms with van der Waals surface area (Å²) in [5.41, 5.74) is 3.46. The molecule has 136 valence electrons. The van der Waals surface area contributed by atoms with Gasteiger partial charge in [-0.2, -0.15) is 5.10 Å². The molecule has 1 aliphatic rings. The van der Waals surface area contributed by atoms with Crippen LogP contribution < -0.4 is 10.1 Å². The van der Waals surface area contributed by atoms with Crippen molar-refractivity contribution in [3.8, 4) is 5.75 Å². The van der Waals surface area contributed by atoms with E-state index < -0.39 is 0 Å². The largest absolute Gasteiger partial charge is 0.490 e. The highest BCUT2D eigenvalue weighted by atomic mass is 35.5. The van der Waals surface area contributed by atoms with Crippen LogP contribution in [0, 0.1) is 6.92 Å². The summed E-state index contributed by atoms with van der Waals surface area (Å²) in [5.74, 6) is 0.981. The maximum absolute atomic E-state index is 6.30. The quantitative estimate of drug-likeness (QED) is 0.665. The Hall–Kier alpha value is -2.04. The number of ether oxygens (including phenoxy) is 1. The van der Waals surface area contributed by atoms with E-state index in [2.05, 4.69) is 34.6 Å². The molecule has 1 heterocycles. The molecule has 0 bridgehead atoms. The van der Waals surface area contributed by atoms with Gasteiger partial charge in [0.15, 0.2) is 0 Å². The van der Waals surface area contributed by atoms with Gasteiger partial charge in [-0.15, -0.1) is 0 Å². The second-order valence-electron chi connectivity index (χ2n) is 7.12. The minimum absolute atomic E-state index is 0.294. The second-order valence-corrected chi connectivity index (χ2v) is 7.56. The summed E-state index contributed by atoms with van der Waals surface area (Å²) in [6, 6.07) is 12.7. The van der Waals surface area contributed by atoms with Gasteiger partial charge in [0, 0.05) is 28.6 Å². The molecule has 0 radical (unpaired) electrons. The monoisotopic (exact) mass is 369 g/mol. The third-order valence-corrected chi connectivity index (χ3v) is 5.53. The zero-order valence-corrected chi connectivity index (χ0v) is 15.7. The molecule has 4 nitrogen and oxygen atoms in total. The number of nitrogens with zero attached hydrogens (tertiary/aromatic N) is 1. The fourth-order valence-corrected chi connectivity index (χ4v) is 3.95. The van der Waals surface area contributed by atoms with E-state index in [0.717, 1.165) is 59.5 Å². The Balaban J connectivity index is 1.30. The van der Waals surface area contributed by atoms with Gasteiger partial charge in [0.05, 0.1) is 17.8 Å². The van der Waals surface area contributed by atoms with E-state index in [9.17, 15) is 0 Å². The number of benzene rings is 2. The van der Waals surface area contributed by atoms with Crippen LogP contribution in [-0.2, 0) is 6.54 Å². The molecule has 5 heteroatoms. The molecule has 4 rings (SSSR count). The van der Waals surface area contributed by atoms with Gasteiger partial charge in [0.25, 0.3) is 0 Å². The number of nitrogens with one attached hydrogen (secondary N) is 2. The van der Waals surface area contributed by atoms with Crippen molar-refractivity contribution in [2.24, 2.45) is 0 Å². The van der Waals surface area contributed by atoms with Gasteiger partial charge in [-0.1, -0.05) is 23.7 Å². The summed E-state index contributed by atoms with van der Waals surface area (Å²) in [7, 11) is 0. The van der Waals surface area contributed by atoms with Crippen LogP contribution in [0.25, 0.3) is 10.9 Å². The predicted molar refractivity (Wildman–Crippen MR) is 106 cm³/mol. The molecule has 1 aliphatic carbocycles. The lowest BCUT2D eigenvalue weighted by Gasteiger charge is -2.30. The van der Waals surface area contributed by atoms with E-state index in [1.54, 1.807) is 0 Å². The molecule has 2 N–H and O–H groups in total. The van der Waals surface area contributed by atoms with Gasteiger partial charge >= 0.3 is 0 Å². The summed E-state index contributed by atoms with van der Waals surface area (Å²) in [5, 5.41) is 12.7. The molecule has 0 saturated heterocycles. The van der Waals surface area contributed by atoms with Crippen molar-refractivity contribution in [3.63, 3.8) is 0 Å². The van der Waals surface area contributed by atoms with Crippen LogP contribution in [0.5, 0.6) is 5.75 Å². The van der Waals surface area contributed by atoms with Gasteiger partial charge in [0.2, 0.25) is 0 Å². The maximum atomic E-state index is 6.30. The van der Waals surface area contributed by atoms with Gasteiger partial charge in [-0.25, -0.2) is 0 Å². The van der Waals surface area contributed by atoms with Gasteiger partial charge in [0.1, 0.15) is 5.75 Å². The van der Waals surface area contributed by atoms with Crippen molar-refractivity contribution < 1.29 is 4.74 Å². The highest BCUT2D eigenvalue weighted by Gasteiger charge is 2.23. The fraction of sp³-hybridized carbons (Fsp3) is 0.381. The lowest BCUT2D eigenvalue weighted by molar-refractivity contribution is 0.138. The van der Waals surface area contributed by atoms with E-state index >= 15 is 0 Å². The highest BCUT2D eigenvalue weighted by Crippen LogP contribution is 2.30. The predicted octanol–water partition coefficient (Wildman–Crippen LogP) is 5.00. The van der Waals surface area contributed by atoms with E-state index in [0.29, 0.717) is 12.1 Å². The summed E-state index contributed by atoms with van der Waals surface area (Å²) in [4.78, 5) is 0. The van der Waals surface area contributed by atoms with E-state index in [4.69, 9.17) is 16.3 Å². The Morgan fingerprint density at radius 2 is 2.04 bits per heavy atom. The van der Waals surface area contributed by atoms with E-state index in [-0.39, 0.29) is 0 Å². The zero-order valence-electron chi connectivity index (χ0n) is 15.0. The SMILES string of the molecule is Cc1c(O[C@H]2CC[C@@H](NCc3cccc(Cl)c3)CC2)ccc2[nH]ncc12. The molecule has 0 unspecified atom stereocenters. The van der Waals surface area contributed by atoms with Crippen molar-refractivity contribution in [2.75, 3.05) is 0 Å². The molecule has 1 fully saturated rings. The lowest BCUT2D eigenvalue weighted by atomic mass is 9.92. The summed E-state index contributed by atoms with van der Waals surface area (Å²) in [6.07, 6.45) is 6.60. The average molecular weight is 370 g/mol. The molecule has 0 aliphatic heterocycles. The molecule has 3 aromatic rings.